The monoisotopic (exact) mass is 462 g/mol. The molecule has 1 heterocycles. The number of unbranched alkanes of at least 4 members (excludes halogenated alkanes) is 2. The number of ether oxygens (including phenoxy) is 1. The molecule has 1 aromatic carbocycles. The Morgan fingerprint density at radius 3 is 2.50 bits per heavy atom. The van der Waals surface area contributed by atoms with E-state index in [0.717, 1.165) is 11.3 Å². The van der Waals surface area contributed by atoms with E-state index < -0.39 is 29.6 Å². The number of amides is 3. The van der Waals surface area contributed by atoms with E-state index >= 15 is 0 Å². The van der Waals surface area contributed by atoms with Crippen LogP contribution in [0.4, 0.5) is 9.93 Å². The van der Waals surface area contributed by atoms with Crippen LogP contribution in [0.25, 0.3) is 11.3 Å². The molecule has 0 saturated heterocycles. The van der Waals surface area contributed by atoms with E-state index in [1.54, 1.807) is 26.3 Å². The molecule has 3 amide bonds. The van der Waals surface area contributed by atoms with Crippen molar-refractivity contribution in [3.8, 4) is 11.3 Å². The number of hydrogen-bond donors (Lipinski definition) is 4. The van der Waals surface area contributed by atoms with Crippen molar-refractivity contribution in [2.75, 3.05) is 5.32 Å². The first-order valence-corrected chi connectivity index (χ1v) is 11.3. The van der Waals surface area contributed by atoms with Gasteiger partial charge in [0.1, 0.15) is 11.6 Å². The quantitative estimate of drug-likeness (QED) is 0.239. The van der Waals surface area contributed by atoms with Gasteiger partial charge in [-0.2, -0.15) is 0 Å². The summed E-state index contributed by atoms with van der Waals surface area (Å²) in [5.74, 6) is -0.845. The molecule has 0 saturated carbocycles. The summed E-state index contributed by atoms with van der Waals surface area (Å²) in [6.45, 7) is 5.23. The minimum absolute atomic E-state index is 0.189. The zero-order chi connectivity index (χ0) is 23.6. The molecule has 0 aliphatic carbocycles. The molecule has 2 rings (SSSR count). The van der Waals surface area contributed by atoms with Gasteiger partial charge in [0.15, 0.2) is 5.13 Å². The number of alkyl carbamates (subject to hydrolysis) is 1. The molecule has 4 N–H and O–H groups in total. The molecule has 0 aliphatic rings. The predicted octanol–water partition coefficient (Wildman–Crippen LogP) is 4.10. The molecule has 0 aliphatic heterocycles. The van der Waals surface area contributed by atoms with Gasteiger partial charge in [-0.1, -0.05) is 43.2 Å². The largest absolute Gasteiger partial charge is 0.444 e. The molecular formula is C22H30N4O5S. The Bertz CT molecular complexity index is 895. The maximum absolute atomic E-state index is 12.9. The van der Waals surface area contributed by atoms with E-state index in [4.69, 9.17) is 9.94 Å². The fourth-order valence-electron chi connectivity index (χ4n) is 2.85. The fourth-order valence-corrected chi connectivity index (χ4v) is 3.57. The Kier molecular flexibility index (Phi) is 9.61. The summed E-state index contributed by atoms with van der Waals surface area (Å²) < 4.78 is 5.28. The van der Waals surface area contributed by atoms with Crippen LogP contribution in [0.3, 0.4) is 0 Å². The van der Waals surface area contributed by atoms with Crippen LogP contribution >= 0.6 is 11.3 Å². The van der Waals surface area contributed by atoms with Gasteiger partial charge < -0.3 is 15.4 Å². The van der Waals surface area contributed by atoms with Crippen molar-refractivity contribution < 1.29 is 24.3 Å². The van der Waals surface area contributed by atoms with Crippen molar-refractivity contribution in [2.24, 2.45) is 0 Å². The number of carbonyl (C=O) groups is 3. The molecule has 2 aromatic rings. The van der Waals surface area contributed by atoms with Gasteiger partial charge in [0.25, 0.3) is 0 Å². The van der Waals surface area contributed by atoms with Crippen LogP contribution in [-0.4, -0.2) is 39.7 Å². The van der Waals surface area contributed by atoms with Crippen molar-refractivity contribution in [3.63, 3.8) is 0 Å². The number of aromatic nitrogens is 1. The van der Waals surface area contributed by atoms with Gasteiger partial charge in [0, 0.05) is 17.4 Å². The lowest BCUT2D eigenvalue weighted by atomic mass is 10.1. The van der Waals surface area contributed by atoms with E-state index in [1.165, 1.54) is 11.3 Å². The second-order valence-corrected chi connectivity index (χ2v) is 9.08. The Morgan fingerprint density at radius 1 is 1.12 bits per heavy atom. The standard InChI is InChI=1S/C22H30N4O5S/c1-22(2,3)31-21(29)24-16(12-8-5-9-13-18(27)26-30)19(28)25-20-23-17(14-32-20)15-10-6-4-7-11-15/h4,6-7,10-11,14,16,30H,5,8-9,12-13H2,1-3H3,(H,24,29)(H,26,27)(H,23,25,28)/t16-/m0/s1. The van der Waals surface area contributed by atoms with Gasteiger partial charge >= 0.3 is 6.09 Å². The highest BCUT2D eigenvalue weighted by molar-refractivity contribution is 7.14. The van der Waals surface area contributed by atoms with Gasteiger partial charge in [-0.05, 0) is 33.6 Å². The number of hydroxylamine groups is 1. The van der Waals surface area contributed by atoms with Crippen LogP contribution < -0.4 is 16.1 Å². The van der Waals surface area contributed by atoms with E-state index in [2.05, 4.69) is 15.6 Å². The van der Waals surface area contributed by atoms with Crippen molar-refractivity contribution >= 4 is 34.4 Å². The average Bonchev–Trinajstić information content (AvgIpc) is 3.20. The second-order valence-electron chi connectivity index (χ2n) is 8.23. The van der Waals surface area contributed by atoms with Gasteiger partial charge in [-0.15, -0.1) is 11.3 Å². The third-order valence-corrected chi connectivity index (χ3v) is 5.09. The molecule has 1 atom stereocenters. The zero-order valence-electron chi connectivity index (χ0n) is 18.5. The van der Waals surface area contributed by atoms with Crippen LogP contribution in [-0.2, 0) is 14.3 Å². The summed E-state index contributed by atoms with van der Waals surface area (Å²) in [4.78, 5) is 40.6. The van der Waals surface area contributed by atoms with Crippen LogP contribution in [0.1, 0.15) is 52.9 Å². The average molecular weight is 463 g/mol. The van der Waals surface area contributed by atoms with Crippen LogP contribution in [0.2, 0.25) is 0 Å². The maximum atomic E-state index is 12.9. The predicted molar refractivity (Wildman–Crippen MR) is 122 cm³/mol. The smallest absolute Gasteiger partial charge is 0.408 e. The number of carbonyl (C=O) groups excluding carboxylic acids is 3. The zero-order valence-corrected chi connectivity index (χ0v) is 19.3. The van der Waals surface area contributed by atoms with Gasteiger partial charge in [0.05, 0.1) is 5.69 Å². The molecule has 0 fully saturated rings. The Hall–Kier alpha value is -2.98. The first kappa shape index (κ1) is 25.3. The molecule has 174 valence electrons. The maximum Gasteiger partial charge on any atom is 0.408 e. The van der Waals surface area contributed by atoms with Gasteiger partial charge in [-0.3, -0.25) is 14.8 Å². The topological polar surface area (TPSA) is 130 Å². The molecule has 10 heteroatoms. The third-order valence-electron chi connectivity index (χ3n) is 4.33. The lowest BCUT2D eigenvalue weighted by Gasteiger charge is -2.23. The number of thiazole rings is 1. The lowest BCUT2D eigenvalue weighted by molar-refractivity contribution is -0.129. The normalized spacial score (nSPS) is 12.0. The van der Waals surface area contributed by atoms with Crippen molar-refractivity contribution in [2.45, 2.75) is 64.5 Å². The number of anilines is 1. The first-order chi connectivity index (χ1) is 15.2. The fraction of sp³-hybridized carbons (Fsp3) is 0.455. The number of benzene rings is 1. The summed E-state index contributed by atoms with van der Waals surface area (Å²) in [5, 5.41) is 16.2. The van der Waals surface area contributed by atoms with Gasteiger partial charge in [0.2, 0.25) is 11.8 Å². The number of nitrogens with one attached hydrogen (secondary N) is 3. The highest BCUT2D eigenvalue weighted by Gasteiger charge is 2.25. The summed E-state index contributed by atoms with van der Waals surface area (Å²) in [6.07, 6.45) is 1.68. The number of nitrogens with zero attached hydrogens (tertiary/aromatic N) is 1. The highest BCUT2D eigenvalue weighted by Crippen LogP contribution is 2.25. The minimum atomic E-state index is -0.819. The van der Waals surface area contributed by atoms with Crippen molar-refractivity contribution in [3.05, 3.63) is 35.7 Å². The summed E-state index contributed by atoms with van der Waals surface area (Å²) in [6, 6.07) is 8.80. The highest BCUT2D eigenvalue weighted by atomic mass is 32.1. The minimum Gasteiger partial charge on any atom is -0.444 e. The van der Waals surface area contributed by atoms with Crippen LogP contribution in [0, 0.1) is 0 Å². The molecule has 0 unspecified atom stereocenters. The molecule has 9 nitrogen and oxygen atoms in total. The molecule has 0 spiro atoms. The Balaban J connectivity index is 1.98. The number of rotatable bonds is 10. The summed E-state index contributed by atoms with van der Waals surface area (Å²) in [7, 11) is 0. The summed E-state index contributed by atoms with van der Waals surface area (Å²) >= 11 is 1.30. The molecule has 32 heavy (non-hydrogen) atoms. The first-order valence-electron chi connectivity index (χ1n) is 10.4. The molecule has 0 bridgehead atoms. The van der Waals surface area contributed by atoms with Crippen LogP contribution in [0.5, 0.6) is 0 Å². The second kappa shape index (κ2) is 12.2. The Morgan fingerprint density at radius 2 is 1.84 bits per heavy atom. The SMILES string of the molecule is CC(C)(C)OC(=O)N[C@@H](CCCCCC(=O)NO)C(=O)Nc1nc(-c2ccccc2)cs1. The molecule has 0 radical (unpaired) electrons. The Labute approximate surface area is 191 Å². The van der Waals surface area contributed by atoms with Crippen LogP contribution in [0.15, 0.2) is 35.7 Å². The van der Waals surface area contributed by atoms with Crippen molar-refractivity contribution in [1.29, 1.82) is 0 Å². The number of hydrogen-bond acceptors (Lipinski definition) is 7. The van der Waals surface area contributed by atoms with E-state index in [1.807, 2.05) is 35.7 Å². The van der Waals surface area contributed by atoms with E-state index in [9.17, 15) is 14.4 Å². The summed E-state index contributed by atoms with van der Waals surface area (Å²) in [5.41, 5.74) is 2.60. The molecular weight excluding hydrogens is 432 g/mol. The third kappa shape index (κ3) is 9.03. The van der Waals surface area contributed by atoms with E-state index in [-0.39, 0.29) is 6.42 Å². The molecule has 1 aromatic heterocycles. The van der Waals surface area contributed by atoms with Crippen molar-refractivity contribution in [1.82, 2.24) is 15.8 Å². The lowest BCUT2D eigenvalue weighted by Crippen LogP contribution is -2.45. The van der Waals surface area contributed by atoms with Gasteiger partial charge in [-0.25, -0.2) is 15.3 Å². The van der Waals surface area contributed by atoms with E-state index in [0.29, 0.717) is 30.8 Å².